The summed E-state index contributed by atoms with van der Waals surface area (Å²) < 4.78 is 1.78. The van der Waals surface area contributed by atoms with Gasteiger partial charge in [0.1, 0.15) is 5.69 Å². The molecule has 0 spiro atoms. The molecule has 0 radical (unpaired) electrons. The van der Waals surface area contributed by atoms with Gasteiger partial charge in [0.05, 0.1) is 22.2 Å². The predicted octanol–water partition coefficient (Wildman–Crippen LogP) is 5.79. The van der Waals surface area contributed by atoms with Crippen LogP contribution in [0.15, 0.2) is 42.5 Å². The number of fused-ring (bicyclic) bond motifs is 1. The number of aliphatic hydroxyl groups excluding tert-OH is 1. The Morgan fingerprint density at radius 3 is 2.53 bits per heavy atom. The van der Waals surface area contributed by atoms with Crippen LogP contribution in [0.4, 0.5) is 4.79 Å². The molecule has 2 amide bonds. The number of nitrogens with zero attached hydrogens (tertiary/aromatic N) is 2. The number of amides is 2. The maximum absolute atomic E-state index is 13.8. The van der Waals surface area contributed by atoms with Crippen molar-refractivity contribution < 1.29 is 19.8 Å². The molecule has 7 nitrogen and oxygen atoms in total. The van der Waals surface area contributed by atoms with E-state index in [-0.39, 0.29) is 30.5 Å². The maximum atomic E-state index is 13.8. The average Bonchev–Trinajstić information content (AvgIpc) is 3.17. The van der Waals surface area contributed by atoms with Gasteiger partial charge in [0.2, 0.25) is 0 Å². The number of aryl methyl sites for hydroxylation is 1. The predicted molar refractivity (Wildman–Crippen MR) is 142 cm³/mol. The average molecular weight is 532 g/mol. The molecule has 9 heteroatoms. The lowest BCUT2D eigenvalue weighted by Crippen LogP contribution is -2.60. The van der Waals surface area contributed by atoms with Gasteiger partial charge in [-0.25, -0.2) is 4.79 Å². The molecule has 2 unspecified atom stereocenters. The Morgan fingerprint density at radius 2 is 1.89 bits per heavy atom. The van der Waals surface area contributed by atoms with Crippen molar-refractivity contribution in [3.8, 4) is 0 Å². The first-order valence-electron chi connectivity index (χ1n) is 11.8. The molecule has 0 aliphatic carbocycles. The first kappa shape index (κ1) is 26.3. The summed E-state index contributed by atoms with van der Waals surface area (Å²) in [6, 6.07) is 12.4. The SMILES string of the molecule is Cn1c(C(=O)NC2(c3cccc(CO)c3)CCN(C(=O)O)C(C(C)(C)C)C2)cc2c(Cl)c(Cl)ccc21. The third-order valence-electron chi connectivity index (χ3n) is 7.30. The summed E-state index contributed by atoms with van der Waals surface area (Å²) in [5.41, 5.74) is 1.54. The fourth-order valence-corrected chi connectivity index (χ4v) is 5.65. The van der Waals surface area contributed by atoms with Crippen LogP contribution in [0.5, 0.6) is 0 Å². The number of rotatable bonds is 4. The lowest BCUT2D eigenvalue weighted by molar-refractivity contribution is 0.0200. The minimum absolute atomic E-state index is 0.135. The van der Waals surface area contributed by atoms with E-state index in [1.54, 1.807) is 23.7 Å². The van der Waals surface area contributed by atoms with Crippen LogP contribution in [-0.2, 0) is 19.2 Å². The van der Waals surface area contributed by atoms with Gasteiger partial charge in [0, 0.05) is 30.5 Å². The van der Waals surface area contributed by atoms with Crippen LogP contribution in [0.2, 0.25) is 10.0 Å². The molecule has 1 aliphatic rings. The molecule has 192 valence electrons. The molecule has 3 aromatic rings. The zero-order valence-corrected chi connectivity index (χ0v) is 22.3. The van der Waals surface area contributed by atoms with Crippen LogP contribution >= 0.6 is 23.2 Å². The monoisotopic (exact) mass is 531 g/mol. The van der Waals surface area contributed by atoms with Gasteiger partial charge >= 0.3 is 6.09 Å². The van der Waals surface area contributed by atoms with E-state index in [9.17, 15) is 19.8 Å². The Kier molecular flexibility index (Phi) is 7.03. The zero-order chi connectivity index (χ0) is 26.4. The van der Waals surface area contributed by atoms with Crippen molar-refractivity contribution >= 4 is 46.1 Å². The van der Waals surface area contributed by atoms with E-state index in [0.717, 1.165) is 16.6 Å². The molecular formula is C27H31Cl2N3O4. The number of aliphatic hydroxyl groups is 1. The Hall–Kier alpha value is -2.74. The van der Waals surface area contributed by atoms with Crippen molar-refractivity contribution in [1.29, 1.82) is 0 Å². The van der Waals surface area contributed by atoms with E-state index in [1.807, 2.05) is 51.1 Å². The third kappa shape index (κ3) is 4.67. The number of nitrogens with one attached hydrogen (secondary N) is 1. The molecule has 2 heterocycles. The summed E-state index contributed by atoms with van der Waals surface area (Å²) in [5.74, 6) is -0.299. The molecule has 1 fully saturated rings. The molecule has 1 aliphatic heterocycles. The number of hydrogen-bond donors (Lipinski definition) is 3. The van der Waals surface area contributed by atoms with Gasteiger partial charge in [-0.2, -0.15) is 0 Å². The van der Waals surface area contributed by atoms with Crippen LogP contribution in [0.3, 0.4) is 0 Å². The number of aromatic nitrogens is 1. The van der Waals surface area contributed by atoms with Gasteiger partial charge in [-0.3, -0.25) is 4.79 Å². The summed E-state index contributed by atoms with van der Waals surface area (Å²) >= 11 is 12.6. The largest absolute Gasteiger partial charge is 0.465 e. The molecular weight excluding hydrogens is 501 g/mol. The number of hydrogen-bond acceptors (Lipinski definition) is 3. The van der Waals surface area contributed by atoms with Crippen molar-refractivity contribution in [2.45, 2.75) is 51.8 Å². The quantitative estimate of drug-likeness (QED) is 0.397. The number of benzene rings is 2. The highest BCUT2D eigenvalue weighted by Crippen LogP contribution is 2.42. The van der Waals surface area contributed by atoms with Crippen LogP contribution in [0, 0.1) is 5.41 Å². The van der Waals surface area contributed by atoms with Crippen LogP contribution in [0.1, 0.15) is 55.2 Å². The summed E-state index contributed by atoms with van der Waals surface area (Å²) in [7, 11) is 1.80. The number of piperidine rings is 1. The first-order valence-corrected chi connectivity index (χ1v) is 12.6. The molecule has 2 atom stereocenters. The normalized spacial score (nSPS) is 20.5. The van der Waals surface area contributed by atoms with Crippen LogP contribution < -0.4 is 5.32 Å². The first-order chi connectivity index (χ1) is 16.9. The van der Waals surface area contributed by atoms with Gasteiger partial charge in [-0.05, 0) is 47.6 Å². The number of likely N-dealkylation sites (tertiary alicyclic amines) is 1. The third-order valence-corrected chi connectivity index (χ3v) is 8.12. The van der Waals surface area contributed by atoms with E-state index < -0.39 is 11.6 Å². The molecule has 0 bridgehead atoms. The molecule has 2 aromatic carbocycles. The van der Waals surface area contributed by atoms with E-state index in [4.69, 9.17) is 23.2 Å². The van der Waals surface area contributed by atoms with Crippen LogP contribution in [-0.4, -0.2) is 44.3 Å². The second kappa shape index (κ2) is 9.61. The molecule has 0 saturated carbocycles. The standard InChI is InChI=1S/C27H31Cl2N3O4/c1-26(2,3)22-14-27(10-11-32(22)25(35)36,17-7-5-6-16(12-17)15-33)30-24(34)21-13-18-20(31(21)4)9-8-19(28)23(18)29/h5-9,12-13,22,33H,10-11,14-15H2,1-4H3,(H,30,34)(H,35,36). The Bertz CT molecular complexity index is 1330. The van der Waals surface area contributed by atoms with E-state index in [2.05, 4.69) is 5.32 Å². The van der Waals surface area contributed by atoms with Gasteiger partial charge in [-0.1, -0.05) is 68.2 Å². The fourth-order valence-electron chi connectivity index (χ4n) is 5.28. The van der Waals surface area contributed by atoms with E-state index in [1.165, 1.54) is 4.90 Å². The summed E-state index contributed by atoms with van der Waals surface area (Å²) in [4.78, 5) is 27.4. The number of carbonyl (C=O) groups is 2. The highest BCUT2D eigenvalue weighted by molar-refractivity contribution is 6.45. The zero-order valence-electron chi connectivity index (χ0n) is 20.8. The minimum atomic E-state index is -0.973. The second-order valence-corrected chi connectivity index (χ2v) is 11.4. The highest BCUT2D eigenvalue weighted by atomic mass is 35.5. The van der Waals surface area contributed by atoms with Gasteiger partial charge in [0.25, 0.3) is 5.91 Å². The molecule has 1 saturated heterocycles. The molecule has 4 rings (SSSR count). The van der Waals surface area contributed by atoms with E-state index in [0.29, 0.717) is 34.0 Å². The van der Waals surface area contributed by atoms with E-state index >= 15 is 0 Å². The summed E-state index contributed by atoms with van der Waals surface area (Å²) in [6.45, 7) is 6.14. The van der Waals surface area contributed by atoms with Gasteiger partial charge < -0.3 is 25.0 Å². The number of carbonyl (C=O) groups excluding carboxylic acids is 1. The number of halogens is 2. The minimum Gasteiger partial charge on any atom is -0.465 e. The highest BCUT2D eigenvalue weighted by Gasteiger charge is 2.47. The summed E-state index contributed by atoms with van der Waals surface area (Å²) in [5, 5.41) is 24.4. The topological polar surface area (TPSA) is 94.8 Å². The second-order valence-electron chi connectivity index (χ2n) is 10.6. The molecule has 36 heavy (non-hydrogen) atoms. The van der Waals surface area contributed by atoms with Crippen molar-refractivity contribution in [2.24, 2.45) is 12.5 Å². The van der Waals surface area contributed by atoms with Gasteiger partial charge in [-0.15, -0.1) is 0 Å². The maximum Gasteiger partial charge on any atom is 0.407 e. The fraction of sp³-hybridized carbons (Fsp3) is 0.407. The van der Waals surface area contributed by atoms with Crippen molar-refractivity contribution in [2.75, 3.05) is 6.54 Å². The number of carboxylic acid groups (broad SMARTS) is 1. The van der Waals surface area contributed by atoms with Crippen molar-refractivity contribution in [1.82, 2.24) is 14.8 Å². The van der Waals surface area contributed by atoms with Crippen LogP contribution in [0.25, 0.3) is 10.9 Å². The Balaban J connectivity index is 1.81. The Morgan fingerprint density at radius 1 is 1.17 bits per heavy atom. The molecule has 1 aromatic heterocycles. The van der Waals surface area contributed by atoms with Crippen molar-refractivity contribution in [3.63, 3.8) is 0 Å². The smallest absolute Gasteiger partial charge is 0.407 e. The summed E-state index contributed by atoms with van der Waals surface area (Å²) in [6.07, 6.45) is -0.192. The Labute approximate surface area is 220 Å². The molecule has 3 N–H and O–H groups in total. The lowest BCUT2D eigenvalue weighted by Gasteiger charge is -2.50. The van der Waals surface area contributed by atoms with Gasteiger partial charge in [0.15, 0.2) is 0 Å². The van der Waals surface area contributed by atoms with Crippen molar-refractivity contribution in [3.05, 3.63) is 69.3 Å². The lowest BCUT2D eigenvalue weighted by atomic mass is 9.70.